The summed E-state index contributed by atoms with van der Waals surface area (Å²) in [6.07, 6.45) is 1.77. The fraction of sp³-hybridized carbons (Fsp3) is 0.0625. The van der Waals surface area contributed by atoms with Crippen LogP contribution >= 0.6 is 15.9 Å². The number of hydrogen-bond acceptors (Lipinski definition) is 2. The van der Waals surface area contributed by atoms with Crippen molar-refractivity contribution < 1.29 is 9.13 Å². The minimum Gasteiger partial charge on any atom is -0.488 e. The molecular formula is C16H11BrFNO. The maximum absolute atomic E-state index is 13.2. The van der Waals surface area contributed by atoms with Crippen molar-refractivity contribution in [2.24, 2.45) is 0 Å². The second-order valence-electron chi connectivity index (χ2n) is 4.39. The lowest BCUT2D eigenvalue weighted by Gasteiger charge is -2.09. The second-order valence-corrected chi connectivity index (χ2v) is 5.25. The molecule has 0 radical (unpaired) electrons. The zero-order valence-corrected chi connectivity index (χ0v) is 12.1. The van der Waals surface area contributed by atoms with Crippen molar-refractivity contribution in [2.75, 3.05) is 0 Å². The van der Waals surface area contributed by atoms with E-state index in [1.807, 2.05) is 30.3 Å². The quantitative estimate of drug-likeness (QED) is 0.693. The highest BCUT2D eigenvalue weighted by Gasteiger charge is 2.04. The number of benzene rings is 2. The second kappa shape index (κ2) is 5.59. The van der Waals surface area contributed by atoms with Gasteiger partial charge in [-0.25, -0.2) is 4.39 Å². The van der Waals surface area contributed by atoms with Gasteiger partial charge in [0.25, 0.3) is 0 Å². The van der Waals surface area contributed by atoms with Gasteiger partial charge in [0, 0.05) is 17.6 Å². The van der Waals surface area contributed by atoms with E-state index >= 15 is 0 Å². The van der Waals surface area contributed by atoms with Crippen LogP contribution in [0.5, 0.6) is 5.75 Å². The first kappa shape index (κ1) is 13.1. The van der Waals surface area contributed by atoms with Crippen LogP contribution in [0.1, 0.15) is 5.56 Å². The predicted octanol–water partition coefficient (Wildman–Crippen LogP) is 4.72. The van der Waals surface area contributed by atoms with Gasteiger partial charge in [0.2, 0.25) is 0 Å². The van der Waals surface area contributed by atoms with Crippen LogP contribution in [-0.4, -0.2) is 4.98 Å². The lowest BCUT2D eigenvalue weighted by Crippen LogP contribution is -1.96. The summed E-state index contributed by atoms with van der Waals surface area (Å²) >= 11 is 3.34. The molecular weight excluding hydrogens is 321 g/mol. The topological polar surface area (TPSA) is 22.1 Å². The summed E-state index contributed by atoms with van der Waals surface area (Å²) in [5, 5.41) is 1.06. The summed E-state index contributed by atoms with van der Waals surface area (Å²) < 4.78 is 19.6. The number of ether oxygens (including phenoxy) is 1. The van der Waals surface area contributed by atoms with Crippen LogP contribution in [0.4, 0.5) is 4.39 Å². The highest BCUT2D eigenvalue weighted by Crippen LogP contribution is 2.26. The number of pyridine rings is 1. The molecule has 0 saturated carbocycles. The highest BCUT2D eigenvalue weighted by molar-refractivity contribution is 9.10. The molecule has 4 heteroatoms. The zero-order valence-electron chi connectivity index (χ0n) is 10.5. The molecule has 0 fully saturated rings. The summed E-state index contributed by atoms with van der Waals surface area (Å²) in [7, 11) is 0. The van der Waals surface area contributed by atoms with Crippen LogP contribution in [0.25, 0.3) is 10.9 Å². The van der Waals surface area contributed by atoms with Gasteiger partial charge >= 0.3 is 0 Å². The van der Waals surface area contributed by atoms with E-state index < -0.39 is 0 Å². The van der Waals surface area contributed by atoms with Gasteiger partial charge in [0.15, 0.2) is 0 Å². The van der Waals surface area contributed by atoms with Crippen LogP contribution in [-0.2, 0) is 6.61 Å². The lowest BCUT2D eigenvalue weighted by molar-refractivity contribution is 0.303. The molecule has 0 amide bonds. The standard InChI is InChI=1S/C16H11BrFNO/c17-14-5-4-13(18)9-16(14)20-10-11-3-6-15-12(8-11)2-1-7-19-15/h1-9H,10H2. The molecule has 1 heterocycles. The minimum absolute atomic E-state index is 0.314. The Morgan fingerprint density at radius 1 is 1.10 bits per heavy atom. The SMILES string of the molecule is Fc1ccc(Br)c(OCc2ccc3ncccc3c2)c1. The van der Waals surface area contributed by atoms with E-state index in [4.69, 9.17) is 4.74 Å². The molecule has 20 heavy (non-hydrogen) atoms. The van der Waals surface area contributed by atoms with Gasteiger partial charge in [-0.2, -0.15) is 0 Å². The normalized spacial score (nSPS) is 10.7. The van der Waals surface area contributed by atoms with Crippen LogP contribution in [0, 0.1) is 5.82 Å². The molecule has 0 spiro atoms. The van der Waals surface area contributed by atoms with Crippen LogP contribution < -0.4 is 4.74 Å². The van der Waals surface area contributed by atoms with Crippen LogP contribution in [0.15, 0.2) is 59.2 Å². The van der Waals surface area contributed by atoms with Gasteiger partial charge in [0.05, 0.1) is 9.99 Å². The fourth-order valence-corrected chi connectivity index (χ4v) is 2.32. The third kappa shape index (κ3) is 2.80. The summed E-state index contributed by atoms with van der Waals surface area (Å²) in [5.74, 6) is 0.183. The van der Waals surface area contributed by atoms with E-state index in [1.165, 1.54) is 12.1 Å². The van der Waals surface area contributed by atoms with E-state index in [-0.39, 0.29) is 5.82 Å². The molecule has 100 valence electrons. The number of nitrogens with zero attached hydrogens (tertiary/aromatic N) is 1. The van der Waals surface area contributed by atoms with E-state index in [2.05, 4.69) is 20.9 Å². The monoisotopic (exact) mass is 331 g/mol. The zero-order chi connectivity index (χ0) is 13.9. The average Bonchev–Trinajstić information content (AvgIpc) is 2.48. The molecule has 1 aromatic heterocycles. The van der Waals surface area contributed by atoms with Crippen molar-refractivity contribution in [3.8, 4) is 5.75 Å². The highest BCUT2D eigenvalue weighted by atomic mass is 79.9. The maximum atomic E-state index is 13.2. The van der Waals surface area contributed by atoms with E-state index in [9.17, 15) is 4.39 Å². The Morgan fingerprint density at radius 3 is 2.90 bits per heavy atom. The summed E-state index contributed by atoms with van der Waals surface area (Å²) in [4.78, 5) is 4.27. The Labute approximate surface area is 124 Å². The average molecular weight is 332 g/mol. The summed E-state index contributed by atoms with van der Waals surface area (Å²) in [6.45, 7) is 0.382. The van der Waals surface area contributed by atoms with E-state index in [0.717, 1.165) is 20.9 Å². The molecule has 0 saturated heterocycles. The summed E-state index contributed by atoms with van der Waals surface area (Å²) in [5.41, 5.74) is 1.96. The van der Waals surface area contributed by atoms with Gasteiger partial charge in [-0.3, -0.25) is 4.98 Å². The maximum Gasteiger partial charge on any atom is 0.136 e. The molecule has 0 aliphatic carbocycles. The molecule has 0 bridgehead atoms. The number of halogens is 2. The molecule has 0 aliphatic rings. The molecule has 2 aromatic carbocycles. The number of aromatic nitrogens is 1. The molecule has 0 aliphatic heterocycles. The third-order valence-corrected chi connectivity index (χ3v) is 3.61. The largest absolute Gasteiger partial charge is 0.488 e. The van der Waals surface area contributed by atoms with Crippen molar-refractivity contribution >= 4 is 26.8 Å². The summed E-state index contributed by atoms with van der Waals surface area (Å²) in [6, 6.07) is 14.2. The lowest BCUT2D eigenvalue weighted by atomic mass is 10.1. The van der Waals surface area contributed by atoms with Crippen molar-refractivity contribution in [1.29, 1.82) is 0 Å². The van der Waals surface area contributed by atoms with Gasteiger partial charge in [-0.05, 0) is 51.8 Å². The Morgan fingerprint density at radius 2 is 2.00 bits per heavy atom. The Kier molecular flexibility index (Phi) is 3.65. The fourth-order valence-electron chi connectivity index (χ4n) is 1.96. The molecule has 2 nitrogen and oxygen atoms in total. The smallest absolute Gasteiger partial charge is 0.136 e. The van der Waals surface area contributed by atoms with Crippen molar-refractivity contribution in [3.05, 3.63) is 70.6 Å². The van der Waals surface area contributed by atoms with E-state index in [1.54, 1.807) is 12.3 Å². The van der Waals surface area contributed by atoms with Crippen LogP contribution in [0.2, 0.25) is 0 Å². The molecule has 0 N–H and O–H groups in total. The first-order valence-electron chi connectivity index (χ1n) is 6.14. The van der Waals surface area contributed by atoms with Crippen molar-refractivity contribution in [2.45, 2.75) is 6.61 Å². The Bertz CT molecular complexity index is 760. The minimum atomic E-state index is -0.314. The van der Waals surface area contributed by atoms with Gasteiger partial charge in [0.1, 0.15) is 18.2 Å². The van der Waals surface area contributed by atoms with E-state index in [0.29, 0.717) is 12.4 Å². The predicted molar refractivity (Wildman–Crippen MR) is 80.2 cm³/mol. The number of fused-ring (bicyclic) bond motifs is 1. The first-order chi connectivity index (χ1) is 9.72. The molecule has 0 unspecified atom stereocenters. The van der Waals surface area contributed by atoms with Gasteiger partial charge < -0.3 is 4.74 Å². The number of hydrogen-bond donors (Lipinski definition) is 0. The molecule has 3 rings (SSSR count). The third-order valence-electron chi connectivity index (χ3n) is 2.96. The first-order valence-corrected chi connectivity index (χ1v) is 6.93. The molecule has 3 aromatic rings. The van der Waals surface area contributed by atoms with Crippen molar-refractivity contribution in [1.82, 2.24) is 4.98 Å². The Hall–Kier alpha value is -1.94. The van der Waals surface area contributed by atoms with Crippen molar-refractivity contribution in [3.63, 3.8) is 0 Å². The Balaban J connectivity index is 1.81. The number of rotatable bonds is 3. The van der Waals surface area contributed by atoms with Gasteiger partial charge in [-0.15, -0.1) is 0 Å². The molecule has 0 atom stereocenters. The van der Waals surface area contributed by atoms with Gasteiger partial charge in [-0.1, -0.05) is 12.1 Å². The van der Waals surface area contributed by atoms with Crippen LogP contribution in [0.3, 0.4) is 0 Å².